The Labute approximate surface area is 143 Å². The van der Waals surface area contributed by atoms with Gasteiger partial charge in [-0.2, -0.15) is 0 Å². The van der Waals surface area contributed by atoms with Crippen LogP contribution in [0.4, 0.5) is 0 Å². The first-order valence-corrected chi connectivity index (χ1v) is 9.30. The second-order valence-electron chi connectivity index (χ2n) is 7.35. The van der Waals surface area contributed by atoms with Gasteiger partial charge in [-0.15, -0.1) is 0 Å². The summed E-state index contributed by atoms with van der Waals surface area (Å²) in [6.07, 6.45) is 8.47. The van der Waals surface area contributed by atoms with E-state index in [1.807, 2.05) is 6.92 Å². The quantitative estimate of drug-likeness (QED) is 0.647. The Morgan fingerprint density at radius 3 is 2.29 bits per heavy atom. The Morgan fingerprint density at radius 2 is 1.62 bits per heavy atom. The van der Waals surface area contributed by atoms with E-state index in [9.17, 15) is 19.5 Å². The van der Waals surface area contributed by atoms with Gasteiger partial charge in [0.2, 0.25) is 11.8 Å². The number of amides is 2. The predicted molar refractivity (Wildman–Crippen MR) is 90.3 cm³/mol. The zero-order chi connectivity index (χ0) is 17.5. The van der Waals surface area contributed by atoms with E-state index >= 15 is 0 Å². The SMILES string of the molecule is CC(CC(=O)N[C@H]1CCCCC[C@H]1C(=O)O)NC(=O)C1CCCC1. The van der Waals surface area contributed by atoms with Crippen LogP contribution in [-0.2, 0) is 14.4 Å². The fraction of sp³-hybridized carbons (Fsp3) is 0.833. The van der Waals surface area contributed by atoms with E-state index in [4.69, 9.17) is 0 Å². The zero-order valence-electron chi connectivity index (χ0n) is 14.6. The molecule has 2 saturated carbocycles. The number of carboxylic acid groups (broad SMARTS) is 1. The van der Waals surface area contributed by atoms with Gasteiger partial charge in [-0.25, -0.2) is 0 Å². The zero-order valence-corrected chi connectivity index (χ0v) is 14.6. The monoisotopic (exact) mass is 338 g/mol. The number of carbonyl (C=O) groups is 3. The molecule has 0 aliphatic heterocycles. The van der Waals surface area contributed by atoms with Crippen LogP contribution in [-0.4, -0.2) is 35.0 Å². The van der Waals surface area contributed by atoms with E-state index < -0.39 is 11.9 Å². The van der Waals surface area contributed by atoms with Crippen molar-refractivity contribution in [3.63, 3.8) is 0 Å². The van der Waals surface area contributed by atoms with Gasteiger partial charge in [-0.3, -0.25) is 14.4 Å². The molecule has 2 amide bonds. The van der Waals surface area contributed by atoms with Crippen LogP contribution in [0.25, 0.3) is 0 Å². The lowest BCUT2D eigenvalue weighted by Gasteiger charge is -2.24. The molecule has 24 heavy (non-hydrogen) atoms. The fourth-order valence-electron chi connectivity index (χ4n) is 3.92. The first kappa shape index (κ1) is 18.7. The lowest BCUT2D eigenvalue weighted by Crippen LogP contribution is -2.45. The van der Waals surface area contributed by atoms with Gasteiger partial charge in [-0.05, 0) is 32.6 Å². The Bertz CT molecular complexity index is 460. The van der Waals surface area contributed by atoms with Gasteiger partial charge < -0.3 is 15.7 Å². The lowest BCUT2D eigenvalue weighted by atomic mass is 9.94. The van der Waals surface area contributed by atoms with Crippen molar-refractivity contribution in [1.29, 1.82) is 0 Å². The van der Waals surface area contributed by atoms with E-state index in [1.54, 1.807) is 0 Å². The third-order valence-corrected chi connectivity index (χ3v) is 5.29. The van der Waals surface area contributed by atoms with Gasteiger partial charge in [0, 0.05) is 24.4 Å². The Morgan fingerprint density at radius 1 is 1.00 bits per heavy atom. The molecule has 2 aliphatic rings. The topological polar surface area (TPSA) is 95.5 Å². The number of nitrogens with one attached hydrogen (secondary N) is 2. The highest BCUT2D eigenvalue weighted by atomic mass is 16.4. The Kier molecular flexibility index (Phi) is 7.06. The van der Waals surface area contributed by atoms with E-state index in [0.29, 0.717) is 12.8 Å². The average Bonchev–Trinajstić information content (AvgIpc) is 2.94. The highest BCUT2D eigenvalue weighted by Crippen LogP contribution is 2.25. The third-order valence-electron chi connectivity index (χ3n) is 5.29. The third kappa shape index (κ3) is 5.49. The summed E-state index contributed by atoms with van der Waals surface area (Å²) in [5.41, 5.74) is 0. The first-order valence-electron chi connectivity index (χ1n) is 9.30. The van der Waals surface area contributed by atoms with Gasteiger partial charge in [0.1, 0.15) is 0 Å². The van der Waals surface area contributed by atoms with E-state index in [2.05, 4.69) is 10.6 Å². The van der Waals surface area contributed by atoms with E-state index in [0.717, 1.165) is 44.9 Å². The second kappa shape index (κ2) is 9.04. The lowest BCUT2D eigenvalue weighted by molar-refractivity contribution is -0.143. The standard InChI is InChI=1S/C18H30N2O4/c1-12(19-17(22)13-7-5-6-8-13)11-16(21)20-15-10-4-2-3-9-14(15)18(23)24/h12-15H,2-11H2,1H3,(H,19,22)(H,20,21)(H,23,24)/t12?,14-,15+/m1/s1. The molecule has 1 unspecified atom stereocenters. The molecular formula is C18H30N2O4. The normalized spacial score (nSPS) is 26.4. The molecule has 2 rings (SSSR count). The second-order valence-corrected chi connectivity index (χ2v) is 7.35. The summed E-state index contributed by atoms with van der Waals surface area (Å²) in [5.74, 6) is -1.36. The highest BCUT2D eigenvalue weighted by molar-refractivity contribution is 5.82. The summed E-state index contributed by atoms with van der Waals surface area (Å²) in [5, 5.41) is 15.2. The van der Waals surface area contributed by atoms with Gasteiger partial charge in [0.05, 0.1) is 5.92 Å². The summed E-state index contributed by atoms with van der Waals surface area (Å²) < 4.78 is 0. The number of carboxylic acids is 1. The van der Waals surface area contributed by atoms with Crippen molar-refractivity contribution in [2.45, 2.75) is 83.2 Å². The van der Waals surface area contributed by atoms with Crippen LogP contribution in [0.1, 0.15) is 71.1 Å². The molecule has 0 spiro atoms. The van der Waals surface area contributed by atoms with E-state index in [1.165, 1.54) is 0 Å². The van der Waals surface area contributed by atoms with Crippen LogP contribution in [0.2, 0.25) is 0 Å². The van der Waals surface area contributed by atoms with Gasteiger partial charge in [-0.1, -0.05) is 32.1 Å². The maximum absolute atomic E-state index is 12.2. The Hall–Kier alpha value is -1.59. The van der Waals surface area contributed by atoms with E-state index in [-0.39, 0.29) is 36.2 Å². The van der Waals surface area contributed by atoms with Crippen molar-refractivity contribution in [1.82, 2.24) is 10.6 Å². The van der Waals surface area contributed by atoms with Crippen molar-refractivity contribution in [2.75, 3.05) is 0 Å². The molecule has 0 radical (unpaired) electrons. The molecule has 0 aromatic carbocycles. The van der Waals surface area contributed by atoms with Crippen LogP contribution in [0.3, 0.4) is 0 Å². The molecule has 2 aliphatic carbocycles. The van der Waals surface area contributed by atoms with Crippen LogP contribution in [0, 0.1) is 11.8 Å². The van der Waals surface area contributed by atoms with Crippen molar-refractivity contribution in [2.24, 2.45) is 11.8 Å². The molecule has 0 saturated heterocycles. The summed E-state index contributed by atoms with van der Waals surface area (Å²) in [6.45, 7) is 1.83. The average molecular weight is 338 g/mol. The summed E-state index contributed by atoms with van der Waals surface area (Å²) in [7, 11) is 0. The first-order chi connectivity index (χ1) is 11.5. The smallest absolute Gasteiger partial charge is 0.308 e. The maximum atomic E-state index is 12.2. The molecule has 6 nitrogen and oxygen atoms in total. The number of aliphatic carboxylic acids is 1. The summed E-state index contributed by atoms with van der Waals surface area (Å²) >= 11 is 0. The minimum Gasteiger partial charge on any atom is -0.481 e. The van der Waals surface area contributed by atoms with Crippen LogP contribution in [0.5, 0.6) is 0 Å². The van der Waals surface area contributed by atoms with Gasteiger partial charge in [0.25, 0.3) is 0 Å². The molecule has 0 heterocycles. The molecule has 3 atom stereocenters. The molecule has 0 bridgehead atoms. The summed E-state index contributed by atoms with van der Waals surface area (Å²) in [6, 6.07) is -0.526. The number of hydrogen-bond donors (Lipinski definition) is 3. The van der Waals surface area contributed by atoms with Crippen LogP contribution < -0.4 is 10.6 Å². The summed E-state index contributed by atoms with van der Waals surface area (Å²) in [4.78, 5) is 35.7. The number of carbonyl (C=O) groups excluding carboxylic acids is 2. The number of hydrogen-bond acceptors (Lipinski definition) is 3. The molecule has 2 fully saturated rings. The molecule has 0 aromatic heterocycles. The van der Waals surface area contributed by atoms with Crippen molar-refractivity contribution in [3.05, 3.63) is 0 Å². The van der Waals surface area contributed by atoms with Crippen LogP contribution in [0.15, 0.2) is 0 Å². The molecule has 136 valence electrons. The molecule has 6 heteroatoms. The molecule has 0 aromatic rings. The predicted octanol–water partition coefficient (Wildman–Crippen LogP) is 2.22. The minimum atomic E-state index is -0.829. The van der Waals surface area contributed by atoms with Crippen molar-refractivity contribution in [3.8, 4) is 0 Å². The maximum Gasteiger partial charge on any atom is 0.308 e. The fourth-order valence-corrected chi connectivity index (χ4v) is 3.92. The minimum absolute atomic E-state index is 0.0469. The Balaban J connectivity index is 1.79. The van der Waals surface area contributed by atoms with Crippen molar-refractivity contribution < 1.29 is 19.5 Å². The van der Waals surface area contributed by atoms with Gasteiger partial charge >= 0.3 is 5.97 Å². The number of rotatable bonds is 6. The van der Waals surface area contributed by atoms with Crippen molar-refractivity contribution >= 4 is 17.8 Å². The highest BCUT2D eigenvalue weighted by Gasteiger charge is 2.31. The molecule has 3 N–H and O–H groups in total. The van der Waals surface area contributed by atoms with Crippen LogP contribution >= 0.6 is 0 Å². The molecular weight excluding hydrogens is 308 g/mol. The largest absolute Gasteiger partial charge is 0.481 e. The van der Waals surface area contributed by atoms with Gasteiger partial charge in [0.15, 0.2) is 0 Å².